The number of rotatable bonds is 2. The van der Waals surface area contributed by atoms with Crippen molar-refractivity contribution in [3.05, 3.63) is 53.1 Å². The molecule has 100 valence electrons. The van der Waals surface area contributed by atoms with E-state index in [1.165, 1.54) is 11.1 Å². The number of ether oxygens (including phenoxy) is 1. The highest BCUT2D eigenvalue weighted by atomic mass is 35.5. The van der Waals surface area contributed by atoms with Gasteiger partial charge in [0, 0.05) is 10.6 Å². The zero-order valence-electron chi connectivity index (χ0n) is 11.8. The van der Waals surface area contributed by atoms with Gasteiger partial charge in [-0.05, 0) is 34.7 Å². The predicted octanol–water partition coefficient (Wildman–Crippen LogP) is 5.31. The van der Waals surface area contributed by atoms with Crippen LogP contribution in [0.15, 0.2) is 42.5 Å². The van der Waals surface area contributed by atoms with Crippen molar-refractivity contribution in [1.29, 1.82) is 0 Å². The van der Waals surface area contributed by atoms with Gasteiger partial charge < -0.3 is 4.74 Å². The minimum Gasteiger partial charge on any atom is -0.497 e. The molecule has 0 saturated carbocycles. The molecule has 0 fully saturated rings. The molecular formula is C17H19ClO. The van der Waals surface area contributed by atoms with E-state index >= 15 is 0 Å². The van der Waals surface area contributed by atoms with Gasteiger partial charge in [-0.25, -0.2) is 0 Å². The van der Waals surface area contributed by atoms with Crippen molar-refractivity contribution in [2.45, 2.75) is 26.2 Å². The highest BCUT2D eigenvalue weighted by Gasteiger charge is 2.19. The van der Waals surface area contributed by atoms with Gasteiger partial charge >= 0.3 is 0 Å². The highest BCUT2D eigenvalue weighted by Crippen LogP contribution is 2.37. The molecule has 0 atom stereocenters. The minimum atomic E-state index is 0.0724. The molecule has 0 saturated heterocycles. The average molecular weight is 275 g/mol. The van der Waals surface area contributed by atoms with Crippen LogP contribution in [0.4, 0.5) is 0 Å². The van der Waals surface area contributed by atoms with E-state index in [0.29, 0.717) is 0 Å². The van der Waals surface area contributed by atoms with Crippen molar-refractivity contribution >= 4 is 11.6 Å². The molecule has 0 bridgehead atoms. The van der Waals surface area contributed by atoms with E-state index in [2.05, 4.69) is 39.0 Å². The van der Waals surface area contributed by atoms with Crippen LogP contribution in [0.2, 0.25) is 5.02 Å². The van der Waals surface area contributed by atoms with Gasteiger partial charge in [0.15, 0.2) is 0 Å². The Morgan fingerprint density at radius 2 is 1.63 bits per heavy atom. The maximum atomic E-state index is 6.35. The molecule has 2 aromatic carbocycles. The molecule has 1 nitrogen and oxygen atoms in total. The summed E-state index contributed by atoms with van der Waals surface area (Å²) in [6.07, 6.45) is 0. The van der Waals surface area contributed by atoms with Crippen LogP contribution in [0, 0.1) is 0 Å². The summed E-state index contributed by atoms with van der Waals surface area (Å²) < 4.78 is 5.30. The SMILES string of the molecule is COc1ccc(Cl)c(-c2ccccc2C(C)(C)C)c1. The first-order valence-corrected chi connectivity index (χ1v) is 6.74. The third-order valence-corrected chi connectivity index (χ3v) is 3.53. The first-order chi connectivity index (χ1) is 8.93. The summed E-state index contributed by atoms with van der Waals surface area (Å²) in [7, 11) is 1.67. The molecule has 0 heterocycles. The van der Waals surface area contributed by atoms with Crippen LogP contribution in [0.3, 0.4) is 0 Å². The van der Waals surface area contributed by atoms with E-state index < -0.39 is 0 Å². The Hall–Kier alpha value is -1.47. The van der Waals surface area contributed by atoms with E-state index in [4.69, 9.17) is 16.3 Å². The number of hydrogen-bond acceptors (Lipinski definition) is 1. The summed E-state index contributed by atoms with van der Waals surface area (Å²) in [6, 6.07) is 14.1. The smallest absolute Gasteiger partial charge is 0.119 e. The number of benzene rings is 2. The molecule has 0 aliphatic carbocycles. The third-order valence-electron chi connectivity index (χ3n) is 3.20. The van der Waals surface area contributed by atoms with Crippen molar-refractivity contribution in [2.24, 2.45) is 0 Å². The molecule has 0 aliphatic rings. The maximum absolute atomic E-state index is 6.35. The van der Waals surface area contributed by atoms with Gasteiger partial charge in [-0.1, -0.05) is 56.6 Å². The largest absolute Gasteiger partial charge is 0.497 e. The van der Waals surface area contributed by atoms with Crippen LogP contribution in [0.5, 0.6) is 5.75 Å². The van der Waals surface area contributed by atoms with Crippen molar-refractivity contribution in [2.75, 3.05) is 7.11 Å². The van der Waals surface area contributed by atoms with E-state index in [9.17, 15) is 0 Å². The van der Waals surface area contributed by atoms with Gasteiger partial charge in [0.25, 0.3) is 0 Å². The van der Waals surface area contributed by atoms with Crippen LogP contribution in [0.25, 0.3) is 11.1 Å². The van der Waals surface area contributed by atoms with Crippen LogP contribution in [-0.4, -0.2) is 7.11 Å². The normalized spacial score (nSPS) is 11.4. The fourth-order valence-electron chi connectivity index (χ4n) is 2.21. The van der Waals surface area contributed by atoms with Crippen molar-refractivity contribution < 1.29 is 4.74 Å². The Labute approximate surface area is 120 Å². The van der Waals surface area contributed by atoms with Crippen molar-refractivity contribution in [3.8, 4) is 16.9 Å². The van der Waals surface area contributed by atoms with Crippen LogP contribution in [0.1, 0.15) is 26.3 Å². The molecule has 2 aromatic rings. The highest BCUT2D eigenvalue weighted by molar-refractivity contribution is 6.33. The van der Waals surface area contributed by atoms with Gasteiger partial charge in [0.2, 0.25) is 0 Å². The predicted molar refractivity (Wildman–Crippen MR) is 82.1 cm³/mol. The lowest BCUT2D eigenvalue weighted by atomic mass is 9.82. The van der Waals surface area contributed by atoms with Gasteiger partial charge in [-0.3, -0.25) is 0 Å². The topological polar surface area (TPSA) is 9.23 Å². The summed E-state index contributed by atoms with van der Waals surface area (Å²) in [5.41, 5.74) is 3.54. The molecule has 0 aliphatic heterocycles. The van der Waals surface area contributed by atoms with Gasteiger partial charge in [0.05, 0.1) is 7.11 Å². The van der Waals surface area contributed by atoms with Gasteiger partial charge in [0.1, 0.15) is 5.75 Å². The Kier molecular flexibility index (Phi) is 3.86. The summed E-state index contributed by atoms with van der Waals surface area (Å²) in [6.45, 7) is 6.62. The maximum Gasteiger partial charge on any atom is 0.119 e. The van der Waals surface area contributed by atoms with Crippen LogP contribution < -0.4 is 4.74 Å². The second kappa shape index (κ2) is 5.26. The number of hydrogen-bond donors (Lipinski definition) is 0. The van der Waals surface area contributed by atoms with Gasteiger partial charge in [-0.2, -0.15) is 0 Å². The Balaban J connectivity index is 2.65. The second-order valence-electron chi connectivity index (χ2n) is 5.64. The average Bonchev–Trinajstić information content (AvgIpc) is 2.38. The summed E-state index contributed by atoms with van der Waals surface area (Å²) in [4.78, 5) is 0. The first kappa shape index (κ1) is 14.0. The Bertz CT molecular complexity index is 582. The fraction of sp³-hybridized carbons (Fsp3) is 0.294. The Morgan fingerprint density at radius 3 is 2.26 bits per heavy atom. The monoisotopic (exact) mass is 274 g/mol. The van der Waals surface area contributed by atoms with Gasteiger partial charge in [-0.15, -0.1) is 0 Å². The lowest BCUT2D eigenvalue weighted by molar-refractivity contribution is 0.415. The molecule has 0 aromatic heterocycles. The van der Waals surface area contributed by atoms with E-state index in [1.54, 1.807) is 7.11 Å². The van der Waals surface area contributed by atoms with E-state index in [0.717, 1.165) is 16.3 Å². The lowest BCUT2D eigenvalue weighted by Crippen LogP contribution is -2.12. The molecule has 2 heteroatoms. The van der Waals surface area contributed by atoms with Crippen molar-refractivity contribution in [1.82, 2.24) is 0 Å². The number of halogens is 1. The standard InChI is InChI=1S/C17H19ClO/c1-17(2,3)15-8-6-5-7-13(15)14-11-12(19-4)9-10-16(14)18/h5-11H,1-4H3. The van der Waals surface area contributed by atoms with Crippen LogP contribution in [-0.2, 0) is 5.41 Å². The molecule has 2 rings (SSSR count). The first-order valence-electron chi connectivity index (χ1n) is 6.37. The number of methoxy groups -OCH3 is 1. The minimum absolute atomic E-state index is 0.0724. The molecule has 0 N–H and O–H groups in total. The second-order valence-corrected chi connectivity index (χ2v) is 6.05. The van der Waals surface area contributed by atoms with E-state index in [1.807, 2.05) is 24.3 Å². The molecule has 0 spiro atoms. The summed E-state index contributed by atoms with van der Waals surface area (Å²) >= 11 is 6.35. The zero-order chi connectivity index (χ0) is 14.0. The summed E-state index contributed by atoms with van der Waals surface area (Å²) in [5.74, 6) is 0.822. The van der Waals surface area contributed by atoms with Crippen LogP contribution >= 0.6 is 11.6 Å². The molecule has 19 heavy (non-hydrogen) atoms. The molecular weight excluding hydrogens is 256 g/mol. The third kappa shape index (κ3) is 2.93. The zero-order valence-corrected chi connectivity index (χ0v) is 12.6. The lowest BCUT2D eigenvalue weighted by Gasteiger charge is -2.23. The molecule has 0 radical (unpaired) electrons. The van der Waals surface area contributed by atoms with Crippen molar-refractivity contribution in [3.63, 3.8) is 0 Å². The Morgan fingerprint density at radius 1 is 0.947 bits per heavy atom. The molecule has 0 unspecified atom stereocenters. The van der Waals surface area contributed by atoms with E-state index in [-0.39, 0.29) is 5.41 Å². The fourth-order valence-corrected chi connectivity index (χ4v) is 2.43. The molecule has 0 amide bonds. The summed E-state index contributed by atoms with van der Waals surface area (Å²) in [5, 5.41) is 0.748. The quantitative estimate of drug-likeness (QED) is 0.721.